The summed E-state index contributed by atoms with van der Waals surface area (Å²) < 4.78 is 5.76. The van der Waals surface area contributed by atoms with Gasteiger partial charge in [0.25, 0.3) is 0 Å². The Bertz CT molecular complexity index is 224. The Morgan fingerprint density at radius 2 is 2.12 bits per heavy atom. The van der Waals surface area contributed by atoms with Gasteiger partial charge in [-0.15, -0.1) is 11.8 Å². The second-order valence-electron chi connectivity index (χ2n) is 4.23. The molecule has 3 heteroatoms. The summed E-state index contributed by atoms with van der Waals surface area (Å²) in [5.41, 5.74) is 5.43. The minimum Gasteiger partial charge on any atom is -0.378 e. The number of nitrogens with two attached hydrogens (primary N) is 1. The lowest BCUT2D eigenvalue weighted by Gasteiger charge is -2.31. The standard InChI is InChI=1S/C13H24N2O/c1-2-3-4-9-15-10-6-13(7-11-15)16-12-5-8-14/h13H,4-12,14H2,1H3. The SMILES string of the molecule is CC#CCCN1CCC(OCCCN)CC1. The molecule has 1 saturated heterocycles. The summed E-state index contributed by atoms with van der Waals surface area (Å²) in [6.45, 7) is 6.86. The maximum Gasteiger partial charge on any atom is 0.0599 e. The minimum atomic E-state index is 0.458. The average molecular weight is 224 g/mol. The molecule has 0 atom stereocenters. The normalized spacial score (nSPS) is 18.1. The molecule has 0 unspecified atom stereocenters. The number of rotatable bonds is 6. The highest BCUT2D eigenvalue weighted by Gasteiger charge is 2.18. The number of ether oxygens (including phenoxy) is 1. The van der Waals surface area contributed by atoms with Gasteiger partial charge >= 0.3 is 0 Å². The third kappa shape index (κ3) is 5.50. The van der Waals surface area contributed by atoms with Gasteiger partial charge in [0.05, 0.1) is 6.10 Å². The van der Waals surface area contributed by atoms with Gasteiger partial charge in [0.2, 0.25) is 0 Å². The largest absolute Gasteiger partial charge is 0.378 e. The van der Waals surface area contributed by atoms with Gasteiger partial charge in [0, 0.05) is 32.7 Å². The molecule has 0 aromatic heterocycles. The van der Waals surface area contributed by atoms with Gasteiger partial charge in [-0.05, 0) is 32.7 Å². The van der Waals surface area contributed by atoms with E-state index in [-0.39, 0.29) is 0 Å². The highest BCUT2D eigenvalue weighted by Crippen LogP contribution is 2.13. The van der Waals surface area contributed by atoms with Crippen molar-refractivity contribution in [1.29, 1.82) is 0 Å². The van der Waals surface area contributed by atoms with Crippen molar-refractivity contribution in [2.75, 3.05) is 32.8 Å². The van der Waals surface area contributed by atoms with Crippen molar-refractivity contribution in [3.05, 3.63) is 0 Å². The lowest BCUT2D eigenvalue weighted by molar-refractivity contribution is 0.00773. The molecule has 2 N–H and O–H groups in total. The number of nitrogens with zero attached hydrogens (tertiary/aromatic N) is 1. The molecule has 1 aliphatic rings. The van der Waals surface area contributed by atoms with E-state index in [1.807, 2.05) is 6.92 Å². The minimum absolute atomic E-state index is 0.458. The zero-order chi connectivity index (χ0) is 11.6. The van der Waals surface area contributed by atoms with Crippen LogP contribution in [0.25, 0.3) is 0 Å². The fourth-order valence-corrected chi connectivity index (χ4v) is 1.97. The van der Waals surface area contributed by atoms with Gasteiger partial charge in [0.15, 0.2) is 0 Å². The number of piperidine rings is 1. The van der Waals surface area contributed by atoms with Crippen LogP contribution in [0.4, 0.5) is 0 Å². The van der Waals surface area contributed by atoms with Crippen LogP contribution < -0.4 is 5.73 Å². The highest BCUT2D eigenvalue weighted by atomic mass is 16.5. The fourth-order valence-electron chi connectivity index (χ4n) is 1.97. The quantitative estimate of drug-likeness (QED) is 0.545. The molecule has 1 heterocycles. The third-order valence-electron chi connectivity index (χ3n) is 2.97. The maximum atomic E-state index is 5.76. The lowest BCUT2D eigenvalue weighted by atomic mass is 10.1. The Balaban J connectivity index is 2.05. The van der Waals surface area contributed by atoms with Crippen LogP contribution in [0, 0.1) is 11.8 Å². The molecular weight excluding hydrogens is 200 g/mol. The first kappa shape index (κ1) is 13.5. The van der Waals surface area contributed by atoms with E-state index in [4.69, 9.17) is 10.5 Å². The van der Waals surface area contributed by atoms with Crippen LogP contribution in [0.5, 0.6) is 0 Å². The van der Waals surface area contributed by atoms with E-state index >= 15 is 0 Å². The Hall–Kier alpha value is -0.560. The summed E-state index contributed by atoms with van der Waals surface area (Å²) in [6, 6.07) is 0. The Morgan fingerprint density at radius 1 is 1.38 bits per heavy atom. The predicted molar refractivity (Wildman–Crippen MR) is 67.2 cm³/mol. The molecule has 0 saturated carbocycles. The maximum absolute atomic E-state index is 5.76. The van der Waals surface area contributed by atoms with Crippen LogP contribution in [-0.4, -0.2) is 43.8 Å². The van der Waals surface area contributed by atoms with Crippen LogP contribution in [-0.2, 0) is 4.74 Å². The molecule has 0 aromatic rings. The van der Waals surface area contributed by atoms with Crippen LogP contribution in [0.1, 0.15) is 32.6 Å². The second kappa shape index (κ2) is 8.58. The molecule has 0 bridgehead atoms. The van der Waals surface area contributed by atoms with Gasteiger partial charge in [-0.2, -0.15) is 0 Å². The first-order chi connectivity index (χ1) is 7.86. The molecule has 16 heavy (non-hydrogen) atoms. The summed E-state index contributed by atoms with van der Waals surface area (Å²) in [5.74, 6) is 6.05. The molecule has 0 aliphatic carbocycles. The van der Waals surface area contributed by atoms with E-state index in [2.05, 4.69) is 16.7 Å². The van der Waals surface area contributed by atoms with Crippen molar-refractivity contribution in [3.63, 3.8) is 0 Å². The fraction of sp³-hybridized carbons (Fsp3) is 0.846. The van der Waals surface area contributed by atoms with Crippen molar-refractivity contribution < 1.29 is 4.74 Å². The predicted octanol–water partition coefficient (Wildman–Crippen LogP) is 1.23. The van der Waals surface area contributed by atoms with Crippen LogP contribution in [0.15, 0.2) is 0 Å². The van der Waals surface area contributed by atoms with E-state index in [1.54, 1.807) is 0 Å². The zero-order valence-electron chi connectivity index (χ0n) is 10.4. The monoisotopic (exact) mass is 224 g/mol. The summed E-state index contributed by atoms with van der Waals surface area (Å²) in [4.78, 5) is 2.48. The Kier molecular flexibility index (Phi) is 7.24. The van der Waals surface area contributed by atoms with E-state index in [0.717, 1.165) is 58.5 Å². The molecule has 1 aliphatic heterocycles. The van der Waals surface area contributed by atoms with Crippen molar-refractivity contribution in [3.8, 4) is 11.8 Å². The Morgan fingerprint density at radius 3 is 2.75 bits per heavy atom. The summed E-state index contributed by atoms with van der Waals surface area (Å²) >= 11 is 0. The molecule has 3 nitrogen and oxygen atoms in total. The molecule has 1 fully saturated rings. The summed E-state index contributed by atoms with van der Waals surface area (Å²) in [7, 11) is 0. The molecule has 92 valence electrons. The second-order valence-corrected chi connectivity index (χ2v) is 4.23. The van der Waals surface area contributed by atoms with Gasteiger partial charge in [-0.3, -0.25) is 0 Å². The number of hydrogen-bond donors (Lipinski definition) is 1. The van der Waals surface area contributed by atoms with E-state index in [0.29, 0.717) is 6.10 Å². The van der Waals surface area contributed by atoms with Gasteiger partial charge in [-0.25, -0.2) is 0 Å². The summed E-state index contributed by atoms with van der Waals surface area (Å²) in [5, 5.41) is 0. The average Bonchev–Trinajstić information content (AvgIpc) is 2.32. The summed E-state index contributed by atoms with van der Waals surface area (Å²) in [6.07, 6.45) is 4.75. The van der Waals surface area contributed by atoms with Crippen molar-refractivity contribution >= 4 is 0 Å². The first-order valence-electron chi connectivity index (χ1n) is 6.30. The smallest absolute Gasteiger partial charge is 0.0599 e. The molecule has 1 rings (SSSR count). The highest BCUT2D eigenvalue weighted by molar-refractivity contribution is 4.95. The number of hydrogen-bond acceptors (Lipinski definition) is 3. The van der Waals surface area contributed by atoms with Crippen molar-refractivity contribution in [2.24, 2.45) is 5.73 Å². The van der Waals surface area contributed by atoms with Crippen LogP contribution in [0.2, 0.25) is 0 Å². The van der Waals surface area contributed by atoms with Gasteiger partial charge in [-0.1, -0.05) is 0 Å². The van der Waals surface area contributed by atoms with E-state index in [9.17, 15) is 0 Å². The molecule has 0 radical (unpaired) electrons. The van der Waals surface area contributed by atoms with Gasteiger partial charge in [0.1, 0.15) is 0 Å². The molecule has 0 spiro atoms. The molecule has 0 aromatic carbocycles. The van der Waals surface area contributed by atoms with Crippen LogP contribution in [0.3, 0.4) is 0 Å². The lowest BCUT2D eigenvalue weighted by Crippen LogP contribution is -2.37. The van der Waals surface area contributed by atoms with Crippen LogP contribution >= 0.6 is 0 Å². The van der Waals surface area contributed by atoms with Crippen molar-refractivity contribution in [1.82, 2.24) is 4.90 Å². The topological polar surface area (TPSA) is 38.5 Å². The molecular formula is C13H24N2O. The first-order valence-corrected chi connectivity index (χ1v) is 6.30. The third-order valence-corrected chi connectivity index (χ3v) is 2.97. The van der Waals surface area contributed by atoms with Crippen molar-refractivity contribution in [2.45, 2.75) is 38.7 Å². The van der Waals surface area contributed by atoms with E-state index < -0.39 is 0 Å². The van der Waals surface area contributed by atoms with Gasteiger partial charge < -0.3 is 15.4 Å². The molecule has 0 amide bonds. The number of likely N-dealkylation sites (tertiary alicyclic amines) is 1. The zero-order valence-corrected chi connectivity index (χ0v) is 10.4. The Labute approximate surface area is 99.3 Å². The van der Waals surface area contributed by atoms with E-state index in [1.165, 1.54) is 0 Å².